The van der Waals surface area contributed by atoms with E-state index in [0.29, 0.717) is 16.6 Å². The van der Waals surface area contributed by atoms with Gasteiger partial charge in [0.05, 0.1) is 16.6 Å². The standard InChI is InChI=1S/C33H26FN3OS/c1-23(25-10-4-2-5-11-25)37-32(38)31(39-33(37)35-28-12-6-3-7-13-28)20-26-22-36(30-15-9-8-14-29(26)30)21-24-16-18-27(34)19-17-24/h2-20,22-23H,21H2,1H3/b31-20+,35-33?/t23-/m1/s1. The van der Waals surface area contributed by atoms with Crippen LogP contribution in [0.1, 0.15) is 29.7 Å². The van der Waals surface area contributed by atoms with E-state index in [1.165, 1.54) is 23.9 Å². The Hall–Kier alpha value is -4.42. The molecule has 0 saturated carbocycles. The fraction of sp³-hybridized carbons (Fsp3) is 0.0909. The van der Waals surface area contributed by atoms with E-state index in [0.717, 1.165) is 33.3 Å². The molecule has 1 aliphatic heterocycles. The zero-order valence-electron chi connectivity index (χ0n) is 21.4. The topological polar surface area (TPSA) is 37.6 Å². The third-order valence-electron chi connectivity index (χ3n) is 6.86. The Bertz CT molecular complexity index is 1690. The van der Waals surface area contributed by atoms with Crippen LogP contribution < -0.4 is 0 Å². The number of halogens is 1. The van der Waals surface area contributed by atoms with Crippen LogP contribution in [0.2, 0.25) is 0 Å². The third kappa shape index (κ3) is 5.16. The van der Waals surface area contributed by atoms with Gasteiger partial charge in [-0.3, -0.25) is 9.69 Å². The van der Waals surface area contributed by atoms with Crippen molar-refractivity contribution in [2.24, 2.45) is 4.99 Å². The van der Waals surface area contributed by atoms with E-state index in [-0.39, 0.29) is 17.8 Å². The fourth-order valence-corrected chi connectivity index (χ4v) is 5.91. The van der Waals surface area contributed by atoms with Crippen molar-refractivity contribution in [3.8, 4) is 0 Å². The van der Waals surface area contributed by atoms with Crippen LogP contribution in [0.15, 0.2) is 125 Å². The van der Waals surface area contributed by atoms with E-state index in [1.807, 2.05) is 85.8 Å². The van der Waals surface area contributed by atoms with Gasteiger partial charge in [-0.15, -0.1) is 0 Å². The molecule has 0 aliphatic carbocycles. The minimum Gasteiger partial charge on any atom is -0.342 e. The van der Waals surface area contributed by atoms with Gasteiger partial charge in [0.15, 0.2) is 5.17 Å². The van der Waals surface area contributed by atoms with Crippen molar-refractivity contribution in [1.82, 2.24) is 9.47 Å². The monoisotopic (exact) mass is 531 g/mol. The van der Waals surface area contributed by atoms with Gasteiger partial charge in [0.25, 0.3) is 5.91 Å². The number of thioether (sulfide) groups is 1. The first-order valence-corrected chi connectivity index (χ1v) is 13.6. The summed E-state index contributed by atoms with van der Waals surface area (Å²) >= 11 is 1.40. The maximum Gasteiger partial charge on any atom is 0.267 e. The molecule has 192 valence electrons. The summed E-state index contributed by atoms with van der Waals surface area (Å²) in [6, 6.07) is 34.2. The number of hydrogen-bond donors (Lipinski definition) is 0. The molecule has 4 nitrogen and oxygen atoms in total. The lowest BCUT2D eigenvalue weighted by atomic mass is 10.1. The largest absolute Gasteiger partial charge is 0.342 e. The van der Waals surface area contributed by atoms with E-state index in [9.17, 15) is 9.18 Å². The van der Waals surface area contributed by atoms with Crippen molar-refractivity contribution in [2.75, 3.05) is 0 Å². The number of aromatic nitrogens is 1. The molecular weight excluding hydrogens is 505 g/mol. The Kier molecular flexibility index (Phi) is 6.86. The van der Waals surface area contributed by atoms with Crippen LogP contribution in [0.25, 0.3) is 17.0 Å². The van der Waals surface area contributed by atoms with Gasteiger partial charge in [-0.2, -0.15) is 0 Å². The number of para-hydroxylation sites is 2. The summed E-state index contributed by atoms with van der Waals surface area (Å²) in [5, 5.41) is 1.71. The highest BCUT2D eigenvalue weighted by atomic mass is 32.2. The van der Waals surface area contributed by atoms with Gasteiger partial charge in [-0.05, 0) is 66.2 Å². The van der Waals surface area contributed by atoms with Crippen LogP contribution in [-0.2, 0) is 11.3 Å². The first-order chi connectivity index (χ1) is 19.1. The van der Waals surface area contributed by atoms with Gasteiger partial charge in [0.2, 0.25) is 0 Å². The zero-order valence-corrected chi connectivity index (χ0v) is 22.2. The number of rotatable bonds is 6. The molecule has 4 aromatic carbocycles. The molecule has 1 amide bonds. The average Bonchev–Trinajstić information content (AvgIpc) is 3.47. The molecule has 6 heteroatoms. The number of benzene rings is 4. The molecule has 0 radical (unpaired) electrons. The molecule has 5 aromatic rings. The number of carbonyl (C=O) groups is 1. The van der Waals surface area contributed by atoms with Gasteiger partial charge in [-0.1, -0.05) is 78.9 Å². The van der Waals surface area contributed by atoms with E-state index < -0.39 is 0 Å². The Morgan fingerprint density at radius 2 is 1.54 bits per heavy atom. The summed E-state index contributed by atoms with van der Waals surface area (Å²) in [6.07, 6.45) is 4.03. The first kappa shape index (κ1) is 24.9. The summed E-state index contributed by atoms with van der Waals surface area (Å²) in [5.74, 6) is -0.318. The molecule has 1 saturated heterocycles. The number of nitrogens with zero attached hydrogens (tertiary/aromatic N) is 3. The lowest BCUT2D eigenvalue weighted by molar-refractivity contribution is -0.123. The number of amidine groups is 1. The van der Waals surface area contributed by atoms with Crippen LogP contribution in [0.5, 0.6) is 0 Å². The van der Waals surface area contributed by atoms with Crippen LogP contribution >= 0.6 is 11.8 Å². The number of fused-ring (bicyclic) bond motifs is 1. The molecule has 1 aliphatic rings. The summed E-state index contributed by atoms with van der Waals surface area (Å²) in [4.78, 5) is 21.2. The molecule has 1 fully saturated rings. The molecule has 0 N–H and O–H groups in total. The highest BCUT2D eigenvalue weighted by Crippen LogP contribution is 2.40. The fourth-order valence-electron chi connectivity index (χ4n) is 4.85. The predicted octanol–water partition coefficient (Wildman–Crippen LogP) is 8.19. The highest BCUT2D eigenvalue weighted by Gasteiger charge is 2.37. The normalized spacial score (nSPS) is 16.5. The average molecular weight is 532 g/mol. The Balaban J connectivity index is 1.40. The number of hydrogen-bond acceptors (Lipinski definition) is 3. The second-order valence-corrected chi connectivity index (χ2v) is 10.5. The molecule has 0 unspecified atom stereocenters. The van der Waals surface area contributed by atoms with Gasteiger partial charge < -0.3 is 4.57 Å². The summed E-state index contributed by atoms with van der Waals surface area (Å²) in [7, 11) is 0. The number of amides is 1. The summed E-state index contributed by atoms with van der Waals surface area (Å²) < 4.78 is 15.6. The molecule has 6 rings (SSSR count). The van der Waals surface area contributed by atoms with Crippen molar-refractivity contribution in [1.29, 1.82) is 0 Å². The van der Waals surface area contributed by atoms with Crippen LogP contribution in [0.3, 0.4) is 0 Å². The van der Waals surface area contributed by atoms with E-state index in [4.69, 9.17) is 4.99 Å². The number of carbonyl (C=O) groups excluding carboxylic acids is 1. The second-order valence-electron chi connectivity index (χ2n) is 9.46. The van der Waals surface area contributed by atoms with Crippen molar-refractivity contribution in [3.05, 3.63) is 143 Å². The van der Waals surface area contributed by atoms with Crippen molar-refractivity contribution in [3.63, 3.8) is 0 Å². The van der Waals surface area contributed by atoms with Crippen LogP contribution in [0, 0.1) is 5.82 Å². The van der Waals surface area contributed by atoms with Gasteiger partial charge >= 0.3 is 0 Å². The van der Waals surface area contributed by atoms with Crippen LogP contribution in [-0.4, -0.2) is 20.5 Å². The zero-order chi connectivity index (χ0) is 26.8. The van der Waals surface area contributed by atoms with Gasteiger partial charge in [-0.25, -0.2) is 9.38 Å². The smallest absolute Gasteiger partial charge is 0.267 e. The summed E-state index contributed by atoms with van der Waals surface area (Å²) in [6.45, 7) is 2.63. The maximum atomic E-state index is 13.9. The highest BCUT2D eigenvalue weighted by molar-refractivity contribution is 8.18. The maximum absolute atomic E-state index is 13.9. The van der Waals surface area contributed by atoms with Crippen LogP contribution in [0.4, 0.5) is 10.1 Å². The predicted molar refractivity (Wildman–Crippen MR) is 158 cm³/mol. The van der Waals surface area contributed by atoms with E-state index >= 15 is 0 Å². The number of aliphatic imine (C=N–C) groups is 1. The first-order valence-electron chi connectivity index (χ1n) is 12.8. The molecule has 1 aromatic heterocycles. The lowest BCUT2D eigenvalue weighted by Crippen LogP contribution is -2.32. The summed E-state index contributed by atoms with van der Waals surface area (Å²) in [5.41, 5.74) is 4.86. The molecule has 2 heterocycles. The van der Waals surface area contributed by atoms with Gasteiger partial charge in [0, 0.05) is 29.2 Å². The quantitative estimate of drug-likeness (QED) is 0.207. The van der Waals surface area contributed by atoms with Crippen molar-refractivity contribution >= 4 is 45.5 Å². The minimum atomic E-state index is -0.249. The Morgan fingerprint density at radius 3 is 2.28 bits per heavy atom. The molecule has 0 spiro atoms. The van der Waals surface area contributed by atoms with E-state index in [2.05, 4.69) is 22.9 Å². The van der Waals surface area contributed by atoms with Crippen molar-refractivity contribution in [2.45, 2.75) is 19.5 Å². The van der Waals surface area contributed by atoms with Gasteiger partial charge in [0.1, 0.15) is 5.82 Å². The lowest BCUT2D eigenvalue weighted by Gasteiger charge is -2.24. The third-order valence-corrected chi connectivity index (χ3v) is 7.84. The van der Waals surface area contributed by atoms with Crippen molar-refractivity contribution < 1.29 is 9.18 Å². The molecule has 1 atom stereocenters. The SMILES string of the molecule is C[C@H](c1ccccc1)N1C(=O)/C(=C\c2cn(Cc3ccc(F)cc3)c3ccccc23)SC1=Nc1ccccc1. The minimum absolute atomic E-state index is 0.0681. The second kappa shape index (κ2) is 10.8. The molecule has 39 heavy (non-hydrogen) atoms. The van der Waals surface area contributed by atoms with E-state index in [1.54, 1.807) is 17.0 Å². The Morgan fingerprint density at radius 1 is 0.872 bits per heavy atom. The molecular formula is C33H26FN3OS. The Labute approximate surface area is 231 Å². The molecule has 0 bridgehead atoms.